The molecule has 0 bridgehead atoms. The number of aliphatic carboxylic acids is 1. The third kappa shape index (κ3) is 6.95. The molecule has 2 aliphatic rings. The van der Waals surface area contributed by atoms with Crippen LogP contribution in [0.5, 0.6) is 0 Å². The number of anilines is 1. The zero-order chi connectivity index (χ0) is 34.9. The summed E-state index contributed by atoms with van der Waals surface area (Å²) in [6, 6.07) is 16.0. The summed E-state index contributed by atoms with van der Waals surface area (Å²) in [6.45, 7) is 1.63. The number of aromatic nitrogens is 2. The fraction of sp³-hybridized carbons (Fsp3) is 0.400. The fourth-order valence-electron chi connectivity index (χ4n) is 7.01. The minimum Gasteiger partial charge on any atom is -0.481 e. The number of carbonyl (C=O) groups is 2. The molecule has 6 rings (SSSR count). The number of non-ortho nitro benzene ring substituents is 1. The van der Waals surface area contributed by atoms with Gasteiger partial charge in [-0.15, -0.1) is 0 Å². The average Bonchev–Trinajstić information content (AvgIpc) is 3.46. The predicted octanol–water partition coefficient (Wildman–Crippen LogP) is 5.99. The van der Waals surface area contributed by atoms with Gasteiger partial charge < -0.3 is 24.6 Å². The minimum absolute atomic E-state index is 0.0798. The summed E-state index contributed by atoms with van der Waals surface area (Å²) >= 11 is 0. The van der Waals surface area contributed by atoms with Crippen molar-refractivity contribution >= 4 is 34.3 Å². The van der Waals surface area contributed by atoms with Gasteiger partial charge in [0.15, 0.2) is 5.60 Å². The van der Waals surface area contributed by atoms with Crippen LogP contribution in [-0.2, 0) is 16.9 Å². The fourth-order valence-corrected chi connectivity index (χ4v) is 7.01. The molecule has 4 aromatic rings. The number of nitro benzene ring substituents is 1. The van der Waals surface area contributed by atoms with Crippen molar-refractivity contribution in [2.45, 2.75) is 50.4 Å². The first-order valence-corrected chi connectivity index (χ1v) is 16.2. The lowest BCUT2D eigenvalue weighted by Crippen LogP contribution is -2.46. The van der Waals surface area contributed by atoms with Gasteiger partial charge in [0.05, 0.1) is 21.9 Å². The van der Waals surface area contributed by atoms with Crippen LogP contribution in [0.3, 0.4) is 0 Å². The van der Waals surface area contributed by atoms with Crippen molar-refractivity contribution in [3.05, 3.63) is 99.9 Å². The van der Waals surface area contributed by atoms with Gasteiger partial charge >= 0.3 is 12.1 Å². The molecule has 2 N–H and O–H groups in total. The molecule has 11 nitrogen and oxygen atoms in total. The second-order valence-corrected chi connectivity index (χ2v) is 12.9. The summed E-state index contributed by atoms with van der Waals surface area (Å²) in [6.07, 6.45) is -1.48. The van der Waals surface area contributed by atoms with Crippen molar-refractivity contribution in [2.75, 3.05) is 31.1 Å². The van der Waals surface area contributed by atoms with Crippen molar-refractivity contribution in [3.63, 3.8) is 0 Å². The van der Waals surface area contributed by atoms with Gasteiger partial charge in [-0.1, -0.05) is 30.3 Å². The number of rotatable bonds is 9. The maximum absolute atomic E-state index is 14.9. The number of carboxylic acid groups (broad SMARTS) is 1. The quantitative estimate of drug-likeness (QED) is 0.162. The van der Waals surface area contributed by atoms with Crippen LogP contribution in [0.25, 0.3) is 10.9 Å². The van der Waals surface area contributed by atoms with Crippen molar-refractivity contribution < 1.29 is 37.9 Å². The lowest BCUT2D eigenvalue weighted by atomic mass is 9.80. The van der Waals surface area contributed by atoms with E-state index in [1.54, 1.807) is 47.4 Å². The normalized spacial score (nSPS) is 17.6. The first kappa shape index (κ1) is 33.9. The molecule has 49 heavy (non-hydrogen) atoms. The lowest BCUT2D eigenvalue weighted by Gasteiger charge is -2.38. The minimum atomic E-state index is -5.05. The number of nitro groups is 1. The van der Waals surface area contributed by atoms with Gasteiger partial charge in [-0.05, 0) is 61.8 Å². The molecule has 1 amide bonds. The summed E-state index contributed by atoms with van der Waals surface area (Å²) < 4.78 is 46.2. The van der Waals surface area contributed by atoms with Crippen LogP contribution >= 0.6 is 0 Å². The Hall–Kier alpha value is -4.98. The van der Waals surface area contributed by atoms with Crippen molar-refractivity contribution in [2.24, 2.45) is 11.8 Å². The van der Waals surface area contributed by atoms with E-state index in [9.17, 15) is 43.1 Å². The monoisotopic (exact) mass is 679 g/mol. The van der Waals surface area contributed by atoms with Gasteiger partial charge in [-0.25, -0.2) is 4.98 Å². The van der Waals surface area contributed by atoms with E-state index >= 15 is 0 Å². The van der Waals surface area contributed by atoms with Gasteiger partial charge in [0.25, 0.3) is 11.6 Å². The molecule has 0 aliphatic carbocycles. The summed E-state index contributed by atoms with van der Waals surface area (Å²) in [4.78, 5) is 43.4. The summed E-state index contributed by atoms with van der Waals surface area (Å²) in [5, 5.41) is 32.4. The second kappa shape index (κ2) is 13.5. The number of carbonyl (C=O) groups excluding carboxylic acids is 1. The number of alkyl halides is 3. The number of benzene rings is 2. The van der Waals surface area contributed by atoms with Crippen LogP contribution in [0, 0.1) is 22.0 Å². The average molecular weight is 680 g/mol. The standard InChI is InChI=1S/C35H36F3N5O6/c36-35(37,38)34(47,29-22-42(21-24-4-2-1-3-5-24)30-18-27(43(48)49)7-8-28(29)30)19-23-10-14-41(15-11-23)32(44)26-6-9-31(39-20-26)40-16-12-25(13-17-40)33(45)46/h1-9,18,20,22-23,25,47H,10-17,19,21H2,(H,45,46). The molecule has 1 unspecified atom stereocenters. The third-order valence-electron chi connectivity index (χ3n) is 9.84. The Labute approximate surface area is 279 Å². The molecule has 2 aromatic heterocycles. The summed E-state index contributed by atoms with van der Waals surface area (Å²) in [7, 11) is 0. The molecule has 0 spiro atoms. The number of aliphatic hydroxyl groups is 1. The maximum Gasteiger partial charge on any atom is 0.421 e. The zero-order valence-electron chi connectivity index (χ0n) is 26.6. The molecule has 0 radical (unpaired) electrons. The number of carboxylic acids is 1. The number of pyridine rings is 1. The van der Waals surface area contributed by atoms with Gasteiger partial charge in [-0.3, -0.25) is 19.7 Å². The van der Waals surface area contributed by atoms with Crippen molar-refractivity contribution in [1.82, 2.24) is 14.5 Å². The molecule has 2 aliphatic heterocycles. The first-order valence-electron chi connectivity index (χ1n) is 16.2. The second-order valence-electron chi connectivity index (χ2n) is 12.9. The highest BCUT2D eigenvalue weighted by Crippen LogP contribution is 2.48. The zero-order valence-corrected chi connectivity index (χ0v) is 26.6. The van der Waals surface area contributed by atoms with Gasteiger partial charge in [0.1, 0.15) is 5.82 Å². The van der Waals surface area contributed by atoms with Gasteiger partial charge in [0, 0.05) is 68.2 Å². The molecule has 2 aromatic carbocycles. The van der Waals surface area contributed by atoms with E-state index in [-0.39, 0.29) is 66.5 Å². The Morgan fingerprint density at radius 2 is 1.65 bits per heavy atom. The van der Waals surface area contributed by atoms with Gasteiger partial charge in [-0.2, -0.15) is 13.2 Å². The van der Waals surface area contributed by atoms with Crippen LogP contribution in [0.4, 0.5) is 24.7 Å². The number of halogens is 3. The molecular formula is C35H36F3N5O6. The topological polar surface area (TPSA) is 142 Å². The van der Waals surface area contributed by atoms with E-state index in [0.29, 0.717) is 37.3 Å². The predicted molar refractivity (Wildman–Crippen MR) is 174 cm³/mol. The molecule has 258 valence electrons. The number of fused-ring (bicyclic) bond motifs is 1. The molecule has 14 heteroatoms. The van der Waals surface area contributed by atoms with Crippen molar-refractivity contribution in [3.8, 4) is 0 Å². The number of piperidine rings is 2. The Bertz CT molecular complexity index is 1830. The number of hydrogen-bond donors (Lipinski definition) is 2. The SMILES string of the molecule is O=C(O)C1CCN(c2ccc(C(=O)N3CCC(CC(O)(c4cn(Cc5ccccc5)c5cc([N+](=O)[O-])ccc45)C(F)(F)F)CC3)cn2)CC1. The number of nitrogens with zero attached hydrogens (tertiary/aromatic N) is 5. The third-order valence-corrected chi connectivity index (χ3v) is 9.84. The number of likely N-dealkylation sites (tertiary alicyclic amines) is 1. The van der Waals surface area contributed by atoms with Crippen LogP contribution in [0.15, 0.2) is 73.1 Å². The van der Waals surface area contributed by atoms with Crippen LogP contribution < -0.4 is 4.90 Å². The Morgan fingerprint density at radius 3 is 2.24 bits per heavy atom. The molecule has 4 heterocycles. The van der Waals surface area contributed by atoms with E-state index in [4.69, 9.17) is 0 Å². The molecular weight excluding hydrogens is 643 g/mol. The lowest BCUT2D eigenvalue weighted by molar-refractivity contribution is -0.384. The van der Waals surface area contributed by atoms with E-state index in [0.717, 1.165) is 11.6 Å². The maximum atomic E-state index is 14.9. The first-order chi connectivity index (χ1) is 23.3. The molecule has 1 atom stereocenters. The van der Waals surface area contributed by atoms with Crippen LogP contribution in [0.2, 0.25) is 0 Å². The van der Waals surface area contributed by atoms with Gasteiger partial charge in [0.2, 0.25) is 0 Å². The Balaban J connectivity index is 1.17. The van der Waals surface area contributed by atoms with E-state index in [1.165, 1.54) is 29.1 Å². The largest absolute Gasteiger partial charge is 0.481 e. The van der Waals surface area contributed by atoms with Crippen LogP contribution in [-0.4, -0.2) is 73.8 Å². The smallest absolute Gasteiger partial charge is 0.421 e. The highest BCUT2D eigenvalue weighted by atomic mass is 19.4. The highest BCUT2D eigenvalue weighted by molar-refractivity contribution is 5.94. The number of amides is 1. The van der Waals surface area contributed by atoms with E-state index in [1.807, 2.05) is 4.90 Å². The summed E-state index contributed by atoms with van der Waals surface area (Å²) in [5.74, 6) is -1.39. The van der Waals surface area contributed by atoms with E-state index < -0.39 is 35.0 Å². The van der Waals surface area contributed by atoms with Crippen LogP contribution in [0.1, 0.15) is 53.6 Å². The molecule has 2 saturated heterocycles. The van der Waals surface area contributed by atoms with Crippen molar-refractivity contribution in [1.29, 1.82) is 0 Å². The number of hydrogen-bond acceptors (Lipinski definition) is 7. The van der Waals surface area contributed by atoms with E-state index in [2.05, 4.69) is 4.98 Å². The Morgan fingerprint density at radius 1 is 0.959 bits per heavy atom. The molecule has 2 fully saturated rings. The molecule has 0 saturated carbocycles. The summed E-state index contributed by atoms with van der Waals surface area (Å²) in [5.41, 5.74) is -2.55. The highest BCUT2D eigenvalue weighted by Gasteiger charge is 2.57. The Kier molecular flexibility index (Phi) is 9.34.